The van der Waals surface area contributed by atoms with Gasteiger partial charge in [0.05, 0.1) is 12.0 Å². The fourth-order valence-electron chi connectivity index (χ4n) is 1.93. The Kier molecular flexibility index (Phi) is 5.37. The molecule has 0 radical (unpaired) electrons. The number of hydrogen-bond donors (Lipinski definition) is 1. The number of allylic oxidation sites excluding steroid dienone is 3. The molecule has 1 N–H and O–H groups in total. The monoisotopic (exact) mass is 297 g/mol. The van der Waals surface area contributed by atoms with Crippen LogP contribution in [0.5, 0.6) is 0 Å². The van der Waals surface area contributed by atoms with E-state index in [1.807, 2.05) is 43.3 Å². The van der Waals surface area contributed by atoms with Crippen LogP contribution < -0.4 is 10.2 Å². The van der Waals surface area contributed by atoms with Crippen LogP contribution in [0.15, 0.2) is 52.4 Å². The summed E-state index contributed by atoms with van der Waals surface area (Å²) in [4.78, 5) is 6.12. The van der Waals surface area contributed by atoms with Crippen LogP contribution in [0.1, 0.15) is 18.9 Å². The molecule has 0 saturated carbocycles. The Bertz CT molecular complexity index is 671. The Morgan fingerprint density at radius 3 is 2.59 bits per heavy atom. The number of halogens is 1. The maximum absolute atomic E-state index is 13.7. The summed E-state index contributed by atoms with van der Waals surface area (Å²) in [6.07, 6.45) is 3.61. The highest BCUT2D eigenvalue weighted by molar-refractivity contribution is 5.61. The fraction of sp³-hybridized carbons (Fsp3) is 0.278. The lowest BCUT2D eigenvalue weighted by molar-refractivity contribution is 0.585. The molecule has 1 aliphatic rings. The van der Waals surface area contributed by atoms with E-state index in [1.165, 1.54) is 0 Å². The minimum atomic E-state index is -0.143. The van der Waals surface area contributed by atoms with Crippen molar-refractivity contribution < 1.29 is 4.39 Å². The molecule has 0 unspecified atom stereocenters. The number of aliphatic imine (C=N–C) groups is 1. The number of anilines is 1. The molecule has 1 aromatic carbocycles. The molecular formula is C18H20FN3. The second-order valence-electron chi connectivity index (χ2n) is 5.27. The standard InChI is InChI=1S/C18H20FN3/c1-14-12-16(21-13-20-11-10-18(14)19)7-4-15-5-8-17(9-6-15)22(2)3/h5-6,8-9,12-13H,10-11H2,1-3H3,(H,20,21). The molecule has 0 atom stereocenters. The van der Waals surface area contributed by atoms with E-state index >= 15 is 0 Å². The van der Waals surface area contributed by atoms with Crippen molar-refractivity contribution in [3.63, 3.8) is 0 Å². The summed E-state index contributed by atoms with van der Waals surface area (Å²) in [7, 11) is 3.99. The SMILES string of the molecule is CC1=C(F)CCN=CNC(C#Cc2ccc(N(C)C)cc2)=C1. The number of benzene rings is 1. The molecule has 1 aromatic rings. The van der Waals surface area contributed by atoms with Crippen LogP contribution in [0.3, 0.4) is 0 Å². The van der Waals surface area contributed by atoms with E-state index < -0.39 is 0 Å². The van der Waals surface area contributed by atoms with Crippen LogP contribution in [0.4, 0.5) is 10.1 Å². The minimum absolute atomic E-state index is 0.143. The van der Waals surface area contributed by atoms with Crippen molar-refractivity contribution in [3.8, 4) is 11.8 Å². The van der Waals surface area contributed by atoms with Gasteiger partial charge in [-0.2, -0.15) is 0 Å². The van der Waals surface area contributed by atoms with Crippen molar-refractivity contribution in [1.82, 2.24) is 5.32 Å². The molecule has 3 nitrogen and oxygen atoms in total. The molecule has 1 aliphatic heterocycles. The molecular weight excluding hydrogens is 277 g/mol. The zero-order valence-corrected chi connectivity index (χ0v) is 13.2. The normalized spacial score (nSPS) is 14.8. The third kappa shape index (κ3) is 4.49. The summed E-state index contributed by atoms with van der Waals surface area (Å²) < 4.78 is 13.7. The van der Waals surface area contributed by atoms with Crippen molar-refractivity contribution in [1.29, 1.82) is 0 Å². The summed E-state index contributed by atoms with van der Waals surface area (Å²) in [6.45, 7) is 2.19. The highest BCUT2D eigenvalue weighted by Gasteiger charge is 2.02. The second kappa shape index (κ2) is 7.46. The summed E-state index contributed by atoms with van der Waals surface area (Å²) in [5.41, 5.74) is 3.26. The highest BCUT2D eigenvalue weighted by atomic mass is 19.1. The average molecular weight is 297 g/mol. The van der Waals surface area contributed by atoms with Crippen LogP contribution in [-0.4, -0.2) is 27.0 Å². The first-order valence-corrected chi connectivity index (χ1v) is 7.17. The average Bonchev–Trinajstić information content (AvgIpc) is 2.58. The van der Waals surface area contributed by atoms with Gasteiger partial charge in [-0.15, -0.1) is 0 Å². The first kappa shape index (κ1) is 15.8. The van der Waals surface area contributed by atoms with E-state index in [2.05, 4.69) is 22.2 Å². The van der Waals surface area contributed by atoms with Gasteiger partial charge in [0, 0.05) is 38.3 Å². The topological polar surface area (TPSA) is 27.6 Å². The van der Waals surface area contributed by atoms with E-state index in [-0.39, 0.29) is 5.83 Å². The van der Waals surface area contributed by atoms with Crippen LogP contribution >= 0.6 is 0 Å². The van der Waals surface area contributed by atoms with E-state index in [0.717, 1.165) is 11.3 Å². The zero-order valence-electron chi connectivity index (χ0n) is 13.2. The van der Waals surface area contributed by atoms with E-state index in [0.29, 0.717) is 24.2 Å². The summed E-state index contributed by atoms with van der Waals surface area (Å²) in [6, 6.07) is 7.97. The van der Waals surface area contributed by atoms with Crippen molar-refractivity contribution in [3.05, 3.63) is 53.0 Å². The Morgan fingerprint density at radius 1 is 1.18 bits per heavy atom. The number of hydrogen-bond acceptors (Lipinski definition) is 3. The van der Waals surface area contributed by atoms with Gasteiger partial charge in [0.2, 0.25) is 0 Å². The zero-order chi connectivity index (χ0) is 15.9. The predicted molar refractivity (Wildman–Crippen MR) is 90.6 cm³/mol. The Hall–Kier alpha value is -2.54. The molecule has 0 fully saturated rings. The molecule has 22 heavy (non-hydrogen) atoms. The first-order valence-electron chi connectivity index (χ1n) is 7.17. The van der Waals surface area contributed by atoms with Crippen LogP contribution in [0, 0.1) is 11.8 Å². The van der Waals surface area contributed by atoms with Crippen molar-refractivity contribution in [2.45, 2.75) is 13.3 Å². The molecule has 0 amide bonds. The number of nitrogens with one attached hydrogen (secondary N) is 1. The van der Waals surface area contributed by atoms with Crippen molar-refractivity contribution in [2.75, 3.05) is 25.5 Å². The molecule has 0 bridgehead atoms. The van der Waals surface area contributed by atoms with Crippen LogP contribution in [0.2, 0.25) is 0 Å². The largest absolute Gasteiger partial charge is 0.378 e. The Labute approximate surface area is 131 Å². The van der Waals surface area contributed by atoms with Gasteiger partial charge in [-0.3, -0.25) is 4.99 Å². The Balaban J connectivity index is 2.22. The lowest BCUT2D eigenvalue weighted by Crippen LogP contribution is -2.09. The maximum Gasteiger partial charge on any atom is 0.105 e. The summed E-state index contributed by atoms with van der Waals surface area (Å²) in [5.74, 6) is 5.96. The van der Waals surface area contributed by atoms with Gasteiger partial charge in [0.1, 0.15) is 5.83 Å². The minimum Gasteiger partial charge on any atom is -0.378 e. The molecule has 2 rings (SSSR count). The molecule has 0 saturated heterocycles. The Morgan fingerprint density at radius 2 is 1.91 bits per heavy atom. The fourth-order valence-corrected chi connectivity index (χ4v) is 1.93. The van der Waals surface area contributed by atoms with Gasteiger partial charge in [-0.25, -0.2) is 4.39 Å². The van der Waals surface area contributed by atoms with Crippen LogP contribution in [0.25, 0.3) is 0 Å². The molecule has 0 aliphatic carbocycles. The molecule has 1 heterocycles. The quantitative estimate of drug-likeness (QED) is 0.806. The first-order chi connectivity index (χ1) is 10.6. The summed E-state index contributed by atoms with van der Waals surface area (Å²) in [5, 5.41) is 3.00. The lowest BCUT2D eigenvalue weighted by Gasteiger charge is -2.11. The second-order valence-corrected chi connectivity index (χ2v) is 5.27. The van der Waals surface area contributed by atoms with Gasteiger partial charge in [0.15, 0.2) is 0 Å². The molecule has 0 spiro atoms. The van der Waals surface area contributed by atoms with Gasteiger partial charge in [0.25, 0.3) is 0 Å². The van der Waals surface area contributed by atoms with Crippen molar-refractivity contribution in [2.24, 2.45) is 4.99 Å². The van der Waals surface area contributed by atoms with E-state index in [9.17, 15) is 4.39 Å². The third-order valence-corrected chi connectivity index (χ3v) is 3.29. The predicted octanol–water partition coefficient (Wildman–Crippen LogP) is 3.25. The van der Waals surface area contributed by atoms with Gasteiger partial charge >= 0.3 is 0 Å². The maximum atomic E-state index is 13.7. The summed E-state index contributed by atoms with van der Waals surface area (Å²) >= 11 is 0. The molecule has 0 aromatic heterocycles. The van der Waals surface area contributed by atoms with Gasteiger partial charge in [-0.05, 0) is 48.8 Å². The van der Waals surface area contributed by atoms with Gasteiger partial charge in [-0.1, -0.05) is 5.92 Å². The highest BCUT2D eigenvalue weighted by Crippen LogP contribution is 2.14. The third-order valence-electron chi connectivity index (χ3n) is 3.29. The van der Waals surface area contributed by atoms with E-state index in [4.69, 9.17) is 0 Å². The van der Waals surface area contributed by atoms with Gasteiger partial charge < -0.3 is 10.2 Å². The number of rotatable bonds is 1. The molecule has 114 valence electrons. The lowest BCUT2D eigenvalue weighted by atomic mass is 10.1. The van der Waals surface area contributed by atoms with E-state index in [1.54, 1.807) is 19.3 Å². The van der Waals surface area contributed by atoms with Crippen molar-refractivity contribution >= 4 is 12.0 Å². The van der Waals surface area contributed by atoms with Crippen LogP contribution in [-0.2, 0) is 0 Å². The molecule has 4 heteroatoms. The number of nitrogens with zero attached hydrogens (tertiary/aromatic N) is 2. The smallest absolute Gasteiger partial charge is 0.105 e.